The van der Waals surface area contributed by atoms with E-state index in [2.05, 4.69) is 10.3 Å². The Labute approximate surface area is 216 Å². The number of pyridine rings is 1. The van der Waals surface area contributed by atoms with E-state index in [9.17, 15) is 23.9 Å². The van der Waals surface area contributed by atoms with Gasteiger partial charge in [0.1, 0.15) is 11.6 Å². The molecule has 1 aromatic heterocycles. The molecule has 0 bridgehead atoms. The molecule has 198 valence electrons. The molecule has 3 heterocycles. The quantitative estimate of drug-likeness (QED) is 0.452. The van der Waals surface area contributed by atoms with Gasteiger partial charge in [-0.3, -0.25) is 14.4 Å². The number of ether oxygens (including phenoxy) is 2. The molecule has 11 nitrogen and oxygen atoms in total. The minimum atomic E-state index is -1.82. The summed E-state index contributed by atoms with van der Waals surface area (Å²) >= 11 is 0. The standard InChI is InChI=1S/C26H26FN5O6/c27-19-4-3-17(14-18(19)25(35)31-7-10-37-11-8-31)32-9-12-38-23(26(32)36)22(33)24(34)29-16-2-5-20-15(13-16)1-6-21(28)30-20/h1-6,13-14,22-23,33H,7-12H2,(H2,28,30)(H,29,34)/t22-,23-/m1/s1. The molecule has 2 aromatic carbocycles. The lowest BCUT2D eigenvalue weighted by Crippen LogP contribution is -2.55. The SMILES string of the molecule is Nc1ccc2cc(NC(=O)[C@H](O)[C@H]3OCCN(c4ccc(F)c(C(=O)N5CCOCC5)c4)C3=O)ccc2n1. The number of fused-ring (bicyclic) bond motifs is 1. The van der Waals surface area contributed by atoms with Crippen LogP contribution in [0.15, 0.2) is 48.5 Å². The smallest absolute Gasteiger partial charge is 0.259 e. The molecule has 12 heteroatoms. The number of halogens is 1. The number of nitrogen functional groups attached to an aromatic ring is 1. The van der Waals surface area contributed by atoms with Crippen molar-refractivity contribution in [1.29, 1.82) is 0 Å². The fraction of sp³-hybridized carbons (Fsp3) is 0.308. The zero-order chi connectivity index (χ0) is 26.8. The van der Waals surface area contributed by atoms with Crippen LogP contribution in [0.5, 0.6) is 0 Å². The van der Waals surface area contributed by atoms with Gasteiger partial charge in [0.25, 0.3) is 17.7 Å². The highest BCUT2D eigenvalue weighted by Gasteiger charge is 2.39. The average Bonchev–Trinajstić information content (AvgIpc) is 2.93. The highest BCUT2D eigenvalue weighted by atomic mass is 19.1. The fourth-order valence-electron chi connectivity index (χ4n) is 4.44. The molecule has 0 spiro atoms. The maximum Gasteiger partial charge on any atom is 0.259 e. The van der Waals surface area contributed by atoms with Gasteiger partial charge in [0, 0.05) is 36.4 Å². The summed E-state index contributed by atoms with van der Waals surface area (Å²) in [7, 11) is 0. The van der Waals surface area contributed by atoms with Crippen molar-refractivity contribution in [3.05, 3.63) is 59.9 Å². The van der Waals surface area contributed by atoms with Crippen LogP contribution in [0.4, 0.5) is 21.6 Å². The van der Waals surface area contributed by atoms with Gasteiger partial charge < -0.3 is 35.4 Å². The van der Waals surface area contributed by atoms with E-state index in [1.165, 1.54) is 21.9 Å². The van der Waals surface area contributed by atoms with E-state index in [1.54, 1.807) is 30.3 Å². The number of nitrogens with one attached hydrogen (secondary N) is 1. The van der Waals surface area contributed by atoms with Crippen molar-refractivity contribution in [3.63, 3.8) is 0 Å². The predicted octanol–water partition coefficient (Wildman–Crippen LogP) is 1.16. The molecule has 2 aliphatic heterocycles. The summed E-state index contributed by atoms with van der Waals surface area (Å²) in [5.74, 6) is -2.38. The largest absolute Gasteiger partial charge is 0.384 e. The second-order valence-corrected chi connectivity index (χ2v) is 8.93. The maximum atomic E-state index is 14.6. The van der Waals surface area contributed by atoms with E-state index >= 15 is 0 Å². The number of hydrogen-bond acceptors (Lipinski definition) is 8. The van der Waals surface area contributed by atoms with Crippen LogP contribution in [-0.2, 0) is 19.1 Å². The highest BCUT2D eigenvalue weighted by molar-refractivity contribution is 6.05. The molecule has 2 saturated heterocycles. The summed E-state index contributed by atoms with van der Waals surface area (Å²) in [4.78, 5) is 45.9. The van der Waals surface area contributed by atoms with Crippen LogP contribution in [0.2, 0.25) is 0 Å². The molecule has 2 aliphatic rings. The number of anilines is 3. The molecule has 0 radical (unpaired) electrons. The van der Waals surface area contributed by atoms with Crippen molar-refractivity contribution in [2.75, 3.05) is 55.4 Å². The van der Waals surface area contributed by atoms with Crippen LogP contribution < -0.4 is 16.0 Å². The minimum absolute atomic E-state index is 0.0218. The third-order valence-electron chi connectivity index (χ3n) is 6.45. The zero-order valence-electron chi connectivity index (χ0n) is 20.3. The van der Waals surface area contributed by atoms with Gasteiger partial charge >= 0.3 is 0 Å². The number of nitrogens with two attached hydrogens (primary N) is 1. The first kappa shape index (κ1) is 25.5. The van der Waals surface area contributed by atoms with Gasteiger partial charge in [0.15, 0.2) is 12.2 Å². The molecular formula is C26H26FN5O6. The lowest BCUT2D eigenvalue weighted by atomic mass is 10.1. The van der Waals surface area contributed by atoms with E-state index in [4.69, 9.17) is 15.2 Å². The van der Waals surface area contributed by atoms with Gasteiger partial charge in [-0.15, -0.1) is 0 Å². The Morgan fingerprint density at radius 3 is 2.66 bits per heavy atom. The van der Waals surface area contributed by atoms with Crippen LogP contribution in [0.3, 0.4) is 0 Å². The number of aromatic nitrogens is 1. The molecule has 2 atom stereocenters. The lowest BCUT2D eigenvalue weighted by molar-refractivity contribution is -0.150. The van der Waals surface area contributed by atoms with Crippen molar-refractivity contribution in [2.45, 2.75) is 12.2 Å². The van der Waals surface area contributed by atoms with Crippen molar-refractivity contribution in [1.82, 2.24) is 9.88 Å². The Morgan fingerprint density at radius 1 is 1.08 bits per heavy atom. The number of hydrogen-bond donors (Lipinski definition) is 3. The van der Waals surface area contributed by atoms with Crippen molar-refractivity contribution < 1.29 is 33.4 Å². The lowest BCUT2D eigenvalue weighted by Gasteiger charge is -2.34. The van der Waals surface area contributed by atoms with Gasteiger partial charge in [-0.1, -0.05) is 0 Å². The second-order valence-electron chi connectivity index (χ2n) is 8.93. The molecule has 3 aromatic rings. The fourth-order valence-corrected chi connectivity index (χ4v) is 4.44. The van der Waals surface area contributed by atoms with Crippen LogP contribution in [0.1, 0.15) is 10.4 Å². The predicted molar refractivity (Wildman–Crippen MR) is 136 cm³/mol. The van der Waals surface area contributed by atoms with E-state index in [-0.39, 0.29) is 24.4 Å². The number of amides is 3. The van der Waals surface area contributed by atoms with E-state index in [0.717, 1.165) is 11.5 Å². The Balaban J connectivity index is 1.30. The molecule has 3 amide bonds. The Kier molecular flexibility index (Phi) is 7.18. The van der Waals surface area contributed by atoms with E-state index in [0.29, 0.717) is 43.3 Å². The summed E-state index contributed by atoms with van der Waals surface area (Å²) in [6.07, 6.45) is -3.31. The first-order chi connectivity index (χ1) is 18.3. The zero-order valence-corrected chi connectivity index (χ0v) is 20.3. The maximum absolute atomic E-state index is 14.6. The summed E-state index contributed by atoms with van der Waals surface area (Å²) in [6, 6.07) is 12.1. The highest BCUT2D eigenvalue weighted by Crippen LogP contribution is 2.25. The third-order valence-corrected chi connectivity index (χ3v) is 6.45. The number of rotatable bonds is 5. The number of benzene rings is 2. The monoisotopic (exact) mass is 523 g/mol. The Bertz CT molecular complexity index is 1400. The van der Waals surface area contributed by atoms with E-state index in [1.807, 2.05) is 0 Å². The molecule has 0 unspecified atom stereocenters. The van der Waals surface area contributed by atoms with Crippen LogP contribution in [0.25, 0.3) is 10.9 Å². The number of morpholine rings is 2. The molecule has 0 aliphatic carbocycles. The second kappa shape index (κ2) is 10.7. The van der Waals surface area contributed by atoms with Crippen molar-refractivity contribution in [2.24, 2.45) is 0 Å². The Hall–Kier alpha value is -4.13. The van der Waals surface area contributed by atoms with Crippen molar-refractivity contribution >= 4 is 45.8 Å². The molecule has 4 N–H and O–H groups in total. The summed E-state index contributed by atoms with van der Waals surface area (Å²) in [5.41, 5.74) is 6.80. The van der Waals surface area contributed by atoms with Gasteiger partial charge in [0.05, 0.1) is 30.9 Å². The number of aliphatic hydroxyl groups excluding tert-OH is 1. The van der Waals surface area contributed by atoms with Gasteiger partial charge in [-0.25, -0.2) is 9.37 Å². The van der Waals surface area contributed by atoms with E-state index < -0.39 is 35.7 Å². The normalized spacial score (nSPS) is 18.9. The van der Waals surface area contributed by atoms with Crippen LogP contribution in [-0.4, -0.2) is 84.4 Å². The van der Waals surface area contributed by atoms with Crippen LogP contribution in [0, 0.1) is 5.82 Å². The molecule has 38 heavy (non-hydrogen) atoms. The molecular weight excluding hydrogens is 497 g/mol. The topological polar surface area (TPSA) is 147 Å². The Morgan fingerprint density at radius 2 is 1.87 bits per heavy atom. The van der Waals surface area contributed by atoms with Gasteiger partial charge in [-0.05, 0) is 48.5 Å². The van der Waals surface area contributed by atoms with Gasteiger partial charge in [-0.2, -0.15) is 0 Å². The summed E-state index contributed by atoms with van der Waals surface area (Å²) in [6.45, 7) is 1.52. The molecule has 5 rings (SSSR count). The first-order valence-electron chi connectivity index (χ1n) is 12.1. The third kappa shape index (κ3) is 5.14. The molecule has 0 saturated carbocycles. The number of aliphatic hydroxyl groups is 1. The number of carbonyl (C=O) groups is 3. The average molecular weight is 524 g/mol. The van der Waals surface area contributed by atoms with Gasteiger partial charge in [0.2, 0.25) is 0 Å². The summed E-state index contributed by atoms with van der Waals surface area (Å²) in [5, 5.41) is 14.0. The number of nitrogens with zero attached hydrogens (tertiary/aromatic N) is 3. The number of carbonyl (C=O) groups excluding carboxylic acids is 3. The summed E-state index contributed by atoms with van der Waals surface area (Å²) < 4.78 is 25.3. The molecule has 2 fully saturated rings. The van der Waals surface area contributed by atoms with Crippen LogP contribution >= 0.6 is 0 Å². The first-order valence-corrected chi connectivity index (χ1v) is 12.1. The van der Waals surface area contributed by atoms with Crippen molar-refractivity contribution in [3.8, 4) is 0 Å². The minimum Gasteiger partial charge on any atom is -0.384 e.